The molecule has 0 aromatic rings. The van der Waals surface area contributed by atoms with Gasteiger partial charge in [-0.05, 0) is 45.2 Å². The van der Waals surface area contributed by atoms with Gasteiger partial charge in [-0.25, -0.2) is 0 Å². The van der Waals surface area contributed by atoms with Crippen molar-refractivity contribution >= 4 is 11.9 Å². The molecule has 1 amide bonds. The quantitative estimate of drug-likeness (QED) is 0.843. The summed E-state index contributed by atoms with van der Waals surface area (Å²) in [6.45, 7) is 3.94. The lowest BCUT2D eigenvalue weighted by atomic mass is 9.95. The highest BCUT2D eigenvalue weighted by Crippen LogP contribution is 2.34. The minimum atomic E-state index is -0.795. The van der Waals surface area contributed by atoms with Crippen LogP contribution < -0.4 is 0 Å². The molecule has 0 aromatic heterocycles. The molecular formula is C15H24N2O3. The SMILES string of the molecule is O=C(O)[C@H]1CCC[C@H]1C(=O)N1CCC(N2CCCC2)C1. The average molecular weight is 280 g/mol. The van der Waals surface area contributed by atoms with Gasteiger partial charge in [0.05, 0.1) is 11.8 Å². The predicted octanol–water partition coefficient (Wildman–Crippen LogP) is 1.18. The van der Waals surface area contributed by atoms with Crippen LogP contribution in [0.5, 0.6) is 0 Å². The second kappa shape index (κ2) is 5.72. The van der Waals surface area contributed by atoms with E-state index >= 15 is 0 Å². The number of likely N-dealkylation sites (tertiary alicyclic amines) is 2. The Bertz CT molecular complexity index is 393. The maximum atomic E-state index is 12.6. The van der Waals surface area contributed by atoms with Gasteiger partial charge in [-0.3, -0.25) is 14.5 Å². The fourth-order valence-electron chi connectivity index (χ4n) is 4.13. The average Bonchev–Trinajstić information content (AvgIpc) is 3.17. The number of carboxylic acid groups (broad SMARTS) is 1. The van der Waals surface area contributed by atoms with E-state index in [0.717, 1.165) is 45.4 Å². The molecule has 3 atom stereocenters. The number of hydrogen-bond acceptors (Lipinski definition) is 3. The maximum Gasteiger partial charge on any atom is 0.307 e. The highest BCUT2D eigenvalue weighted by atomic mass is 16.4. The van der Waals surface area contributed by atoms with E-state index in [0.29, 0.717) is 12.5 Å². The second-order valence-corrected chi connectivity index (χ2v) is 6.45. The lowest BCUT2D eigenvalue weighted by Crippen LogP contribution is -2.41. The number of amides is 1. The van der Waals surface area contributed by atoms with Crippen LogP contribution in [0.3, 0.4) is 0 Å². The zero-order valence-corrected chi connectivity index (χ0v) is 12.0. The Labute approximate surface area is 119 Å². The van der Waals surface area contributed by atoms with Crippen molar-refractivity contribution in [3.05, 3.63) is 0 Å². The van der Waals surface area contributed by atoms with Gasteiger partial charge in [-0.2, -0.15) is 0 Å². The monoisotopic (exact) mass is 280 g/mol. The first-order valence-electron chi connectivity index (χ1n) is 7.92. The summed E-state index contributed by atoms with van der Waals surface area (Å²) in [5.41, 5.74) is 0. The Balaban J connectivity index is 1.59. The van der Waals surface area contributed by atoms with E-state index in [-0.39, 0.29) is 11.8 Å². The van der Waals surface area contributed by atoms with Crippen LogP contribution in [0, 0.1) is 11.8 Å². The van der Waals surface area contributed by atoms with Crippen molar-refractivity contribution < 1.29 is 14.7 Å². The van der Waals surface area contributed by atoms with Gasteiger partial charge < -0.3 is 10.0 Å². The molecule has 112 valence electrons. The number of nitrogens with zero attached hydrogens (tertiary/aromatic N) is 2. The topological polar surface area (TPSA) is 60.9 Å². The van der Waals surface area contributed by atoms with Gasteiger partial charge in [-0.1, -0.05) is 6.42 Å². The summed E-state index contributed by atoms with van der Waals surface area (Å²) in [6.07, 6.45) is 5.88. The van der Waals surface area contributed by atoms with E-state index in [9.17, 15) is 14.7 Å². The van der Waals surface area contributed by atoms with Crippen molar-refractivity contribution in [2.45, 2.75) is 44.6 Å². The van der Waals surface area contributed by atoms with E-state index in [4.69, 9.17) is 0 Å². The van der Waals surface area contributed by atoms with Crippen LogP contribution in [0.1, 0.15) is 38.5 Å². The fraction of sp³-hybridized carbons (Fsp3) is 0.867. The lowest BCUT2D eigenvalue weighted by Gasteiger charge is -2.26. The first kappa shape index (κ1) is 13.9. The van der Waals surface area contributed by atoms with E-state index in [2.05, 4.69) is 4.90 Å². The van der Waals surface area contributed by atoms with Crippen molar-refractivity contribution in [2.75, 3.05) is 26.2 Å². The number of aliphatic carboxylic acids is 1. The molecule has 0 radical (unpaired) electrons. The van der Waals surface area contributed by atoms with Crippen LogP contribution in [-0.4, -0.2) is 59.0 Å². The molecule has 0 spiro atoms. The third kappa shape index (κ3) is 2.55. The van der Waals surface area contributed by atoms with Gasteiger partial charge >= 0.3 is 5.97 Å². The van der Waals surface area contributed by atoms with Crippen molar-refractivity contribution in [2.24, 2.45) is 11.8 Å². The molecule has 1 unspecified atom stereocenters. The molecule has 2 heterocycles. The fourth-order valence-corrected chi connectivity index (χ4v) is 4.13. The summed E-state index contributed by atoms with van der Waals surface area (Å²) in [6, 6.07) is 0.506. The van der Waals surface area contributed by atoms with Gasteiger partial charge in [-0.15, -0.1) is 0 Å². The summed E-state index contributed by atoms with van der Waals surface area (Å²) in [7, 11) is 0. The highest BCUT2D eigenvalue weighted by molar-refractivity contribution is 5.85. The summed E-state index contributed by atoms with van der Waals surface area (Å²) in [5, 5.41) is 9.22. The summed E-state index contributed by atoms with van der Waals surface area (Å²) in [4.78, 5) is 28.2. The van der Waals surface area contributed by atoms with Crippen molar-refractivity contribution in [3.8, 4) is 0 Å². The smallest absolute Gasteiger partial charge is 0.307 e. The highest BCUT2D eigenvalue weighted by Gasteiger charge is 2.42. The molecule has 0 aromatic carbocycles. The van der Waals surface area contributed by atoms with Crippen molar-refractivity contribution in [1.29, 1.82) is 0 Å². The normalized spacial score (nSPS) is 34.8. The van der Waals surface area contributed by atoms with Crippen LogP contribution in [0.4, 0.5) is 0 Å². The Morgan fingerprint density at radius 2 is 1.60 bits per heavy atom. The number of carbonyl (C=O) groups is 2. The third-order valence-electron chi connectivity index (χ3n) is 5.28. The van der Waals surface area contributed by atoms with Crippen molar-refractivity contribution in [3.63, 3.8) is 0 Å². The van der Waals surface area contributed by atoms with Crippen LogP contribution >= 0.6 is 0 Å². The minimum absolute atomic E-state index is 0.0941. The third-order valence-corrected chi connectivity index (χ3v) is 5.28. The molecule has 0 bridgehead atoms. The molecule has 5 nitrogen and oxygen atoms in total. The Kier molecular flexibility index (Phi) is 3.96. The number of rotatable bonds is 3. The molecule has 1 N–H and O–H groups in total. The first-order chi connectivity index (χ1) is 9.66. The largest absolute Gasteiger partial charge is 0.481 e. The van der Waals surface area contributed by atoms with Gasteiger partial charge in [0.25, 0.3) is 0 Å². The molecule has 2 aliphatic heterocycles. The summed E-state index contributed by atoms with van der Waals surface area (Å²) >= 11 is 0. The molecule has 1 saturated carbocycles. The molecule has 1 aliphatic carbocycles. The summed E-state index contributed by atoms with van der Waals surface area (Å²) < 4.78 is 0. The zero-order chi connectivity index (χ0) is 14.1. The number of carboxylic acids is 1. The minimum Gasteiger partial charge on any atom is -0.481 e. The number of hydrogen-bond donors (Lipinski definition) is 1. The Hall–Kier alpha value is -1.10. The molecule has 3 aliphatic rings. The molecule has 20 heavy (non-hydrogen) atoms. The Morgan fingerprint density at radius 3 is 2.30 bits per heavy atom. The van der Waals surface area contributed by atoms with E-state index < -0.39 is 11.9 Å². The first-order valence-corrected chi connectivity index (χ1v) is 7.92. The molecule has 5 heteroatoms. The van der Waals surface area contributed by atoms with Crippen molar-refractivity contribution in [1.82, 2.24) is 9.80 Å². The molecule has 3 fully saturated rings. The standard InChI is InChI=1S/C15H24N2O3/c18-14(12-4-3-5-13(12)15(19)20)17-9-6-11(10-17)16-7-1-2-8-16/h11-13H,1-10H2,(H,19,20)/t11?,12-,13+/m1/s1. The maximum absolute atomic E-state index is 12.6. The predicted molar refractivity (Wildman–Crippen MR) is 74.3 cm³/mol. The van der Waals surface area contributed by atoms with E-state index in [1.54, 1.807) is 0 Å². The van der Waals surface area contributed by atoms with E-state index in [1.165, 1.54) is 12.8 Å². The molecular weight excluding hydrogens is 256 g/mol. The second-order valence-electron chi connectivity index (χ2n) is 6.45. The van der Waals surface area contributed by atoms with Crippen LogP contribution in [-0.2, 0) is 9.59 Å². The number of carbonyl (C=O) groups excluding carboxylic acids is 1. The van der Waals surface area contributed by atoms with Gasteiger partial charge in [0, 0.05) is 19.1 Å². The zero-order valence-electron chi connectivity index (χ0n) is 12.0. The van der Waals surface area contributed by atoms with Gasteiger partial charge in [0.15, 0.2) is 0 Å². The van der Waals surface area contributed by atoms with Gasteiger partial charge in [0.2, 0.25) is 5.91 Å². The lowest BCUT2D eigenvalue weighted by molar-refractivity contribution is -0.148. The van der Waals surface area contributed by atoms with Crippen LogP contribution in [0.25, 0.3) is 0 Å². The molecule has 3 rings (SSSR count). The van der Waals surface area contributed by atoms with Crippen LogP contribution in [0.2, 0.25) is 0 Å². The van der Waals surface area contributed by atoms with E-state index in [1.807, 2.05) is 4.90 Å². The molecule has 2 saturated heterocycles. The summed E-state index contributed by atoms with van der Waals surface area (Å²) in [5.74, 6) is -1.43. The Morgan fingerprint density at radius 1 is 0.900 bits per heavy atom. The van der Waals surface area contributed by atoms with Crippen LogP contribution in [0.15, 0.2) is 0 Å². The van der Waals surface area contributed by atoms with Gasteiger partial charge in [0.1, 0.15) is 0 Å².